The Morgan fingerprint density at radius 2 is 0.765 bits per heavy atom. The maximum absolute atomic E-state index is 10.8. The van der Waals surface area contributed by atoms with Crippen LogP contribution in [0, 0.1) is 11.8 Å². The van der Waals surface area contributed by atoms with Crippen molar-refractivity contribution in [2.24, 2.45) is 0 Å². The quantitative estimate of drug-likeness (QED) is 0.344. The first kappa shape index (κ1) is 29.3. The molecule has 2 N–H and O–H groups in total. The summed E-state index contributed by atoms with van der Waals surface area (Å²) in [7, 11) is 11.8. The maximum Gasteiger partial charge on any atom is 0.186 e. The van der Waals surface area contributed by atoms with Gasteiger partial charge in [0.05, 0.1) is 0 Å². The van der Waals surface area contributed by atoms with E-state index in [-0.39, 0.29) is 0 Å². The Balaban J connectivity index is 2.24. The Bertz CT molecular complexity index is 602. The van der Waals surface area contributed by atoms with E-state index in [0.717, 1.165) is 0 Å². The van der Waals surface area contributed by atoms with Crippen LogP contribution in [-0.2, 0) is 47.4 Å². The van der Waals surface area contributed by atoms with Crippen molar-refractivity contribution in [3.05, 3.63) is 0 Å². The fourth-order valence-corrected chi connectivity index (χ4v) is 4.46. The topological polar surface area (TPSA) is 133 Å². The molecule has 34 heavy (non-hydrogen) atoms. The number of hydrogen-bond acceptors (Lipinski definition) is 12. The third-order valence-corrected chi connectivity index (χ3v) is 6.16. The molecule has 2 fully saturated rings. The van der Waals surface area contributed by atoms with E-state index in [1.807, 2.05) is 0 Å². The molecule has 0 bridgehead atoms. The zero-order chi connectivity index (χ0) is 25.4. The molecule has 0 aliphatic carbocycles. The van der Waals surface area contributed by atoms with E-state index in [4.69, 9.17) is 47.4 Å². The van der Waals surface area contributed by atoms with Gasteiger partial charge in [-0.2, -0.15) is 0 Å². The molecule has 2 aliphatic rings. The highest BCUT2D eigenvalue weighted by Gasteiger charge is 2.51. The summed E-state index contributed by atoms with van der Waals surface area (Å²) >= 11 is 0. The van der Waals surface area contributed by atoms with Gasteiger partial charge in [-0.05, 0) is 0 Å². The first-order chi connectivity index (χ1) is 16.4. The normalized spacial score (nSPS) is 40.3. The SMILES string of the molecule is CO[C@H]1O[C@H](C(O)C#CC(O)[C@H]2O[C@H](OC)[C@H](OC)[C@@H](OC)[C@@H]2OC)[C@@H](OC)[C@H](OC)[C@H]1OC. The molecule has 0 aromatic carbocycles. The van der Waals surface area contributed by atoms with Crippen LogP contribution >= 0.6 is 0 Å². The highest BCUT2D eigenvalue weighted by atomic mass is 16.7. The van der Waals surface area contributed by atoms with Gasteiger partial charge in [0.1, 0.15) is 61.0 Å². The Kier molecular flexibility index (Phi) is 12.1. The molecule has 0 radical (unpaired) electrons. The van der Waals surface area contributed by atoms with Gasteiger partial charge in [-0.3, -0.25) is 0 Å². The summed E-state index contributed by atoms with van der Waals surface area (Å²) < 4.78 is 55.4. The van der Waals surface area contributed by atoms with Crippen LogP contribution in [0.3, 0.4) is 0 Å². The van der Waals surface area contributed by atoms with E-state index in [0.29, 0.717) is 0 Å². The Labute approximate surface area is 200 Å². The van der Waals surface area contributed by atoms with Crippen molar-refractivity contribution in [3.8, 4) is 11.8 Å². The van der Waals surface area contributed by atoms with Gasteiger partial charge in [0, 0.05) is 56.9 Å². The molecule has 2 rings (SSSR count). The lowest BCUT2D eigenvalue weighted by molar-refractivity contribution is -0.312. The minimum atomic E-state index is -1.36. The zero-order valence-electron chi connectivity index (χ0n) is 20.9. The van der Waals surface area contributed by atoms with E-state index in [2.05, 4.69) is 11.8 Å². The standard InChI is InChI=1S/C22H38O12/c1-25-15-13(33-21(31-7)19(29-5)17(15)27-3)11(23)9-10-12(24)14-16(26-2)18(28-4)20(30-6)22(32-8)34-14/h11-24H,1-8H3/t11?,12?,13-,14-,15-,16-,17+,18+,19-,20-,21+,22+/m1/s1. The van der Waals surface area contributed by atoms with Gasteiger partial charge in [0.2, 0.25) is 0 Å². The van der Waals surface area contributed by atoms with Crippen molar-refractivity contribution in [1.29, 1.82) is 0 Å². The van der Waals surface area contributed by atoms with Crippen LogP contribution in [0.2, 0.25) is 0 Å². The van der Waals surface area contributed by atoms with E-state index >= 15 is 0 Å². The van der Waals surface area contributed by atoms with Gasteiger partial charge >= 0.3 is 0 Å². The largest absolute Gasteiger partial charge is 0.378 e. The van der Waals surface area contributed by atoms with Gasteiger partial charge in [-0.1, -0.05) is 11.8 Å². The molecule has 0 aromatic rings. The smallest absolute Gasteiger partial charge is 0.186 e. The molecule has 12 nitrogen and oxygen atoms in total. The van der Waals surface area contributed by atoms with Crippen LogP contribution in [-0.4, -0.2) is 141 Å². The Hall–Kier alpha value is -0.920. The van der Waals surface area contributed by atoms with Crippen LogP contribution in [0.5, 0.6) is 0 Å². The maximum atomic E-state index is 10.8. The molecular weight excluding hydrogens is 456 g/mol. The summed E-state index contributed by atoms with van der Waals surface area (Å²) in [6.45, 7) is 0. The number of hydrogen-bond donors (Lipinski definition) is 2. The fraction of sp³-hybridized carbons (Fsp3) is 0.909. The summed E-state index contributed by atoms with van der Waals surface area (Å²) in [6.07, 6.45) is -10.1. The van der Waals surface area contributed by atoms with E-state index in [1.165, 1.54) is 56.9 Å². The third kappa shape index (κ3) is 6.07. The molecule has 198 valence electrons. The van der Waals surface area contributed by atoms with E-state index in [9.17, 15) is 10.2 Å². The summed E-state index contributed by atoms with van der Waals surface area (Å²) in [5, 5.41) is 21.6. The number of rotatable bonds is 10. The zero-order valence-corrected chi connectivity index (χ0v) is 20.9. The molecule has 0 saturated carbocycles. The molecule has 2 saturated heterocycles. The fourth-order valence-electron chi connectivity index (χ4n) is 4.46. The van der Waals surface area contributed by atoms with Gasteiger partial charge in [-0.25, -0.2) is 0 Å². The van der Waals surface area contributed by atoms with Gasteiger partial charge in [0.15, 0.2) is 12.6 Å². The monoisotopic (exact) mass is 494 g/mol. The number of ether oxygens (including phenoxy) is 10. The summed E-state index contributed by atoms with van der Waals surface area (Å²) in [5.41, 5.74) is 0. The second-order valence-electron chi connectivity index (χ2n) is 7.79. The number of aliphatic hydroxyl groups excluding tert-OH is 2. The summed E-state index contributed by atoms with van der Waals surface area (Å²) in [6, 6.07) is 0. The molecule has 12 heteroatoms. The van der Waals surface area contributed by atoms with Gasteiger partial charge < -0.3 is 57.6 Å². The first-order valence-corrected chi connectivity index (χ1v) is 10.8. The van der Waals surface area contributed by atoms with E-state index in [1.54, 1.807) is 0 Å². The number of aliphatic hydroxyl groups is 2. The van der Waals surface area contributed by atoms with Crippen molar-refractivity contribution in [1.82, 2.24) is 0 Å². The highest BCUT2D eigenvalue weighted by Crippen LogP contribution is 2.30. The lowest BCUT2D eigenvalue weighted by Crippen LogP contribution is -2.63. The highest BCUT2D eigenvalue weighted by molar-refractivity contribution is 5.16. The van der Waals surface area contributed by atoms with Crippen LogP contribution in [0.25, 0.3) is 0 Å². The van der Waals surface area contributed by atoms with Crippen LogP contribution in [0.15, 0.2) is 0 Å². The average Bonchev–Trinajstić information content (AvgIpc) is 2.88. The summed E-state index contributed by atoms with van der Waals surface area (Å²) in [4.78, 5) is 0. The predicted octanol–water partition coefficient (Wildman–Crippen LogP) is -1.46. The van der Waals surface area contributed by atoms with Crippen molar-refractivity contribution >= 4 is 0 Å². The molecule has 2 aliphatic heterocycles. The van der Waals surface area contributed by atoms with Crippen molar-refractivity contribution < 1.29 is 57.6 Å². The van der Waals surface area contributed by atoms with Crippen molar-refractivity contribution in [2.75, 3.05) is 56.9 Å². The first-order valence-electron chi connectivity index (χ1n) is 10.8. The predicted molar refractivity (Wildman–Crippen MR) is 116 cm³/mol. The van der Waals surface area contributed by atoms with Crippen molar-refractivity contribution in [3.63, 3.8) is 0 Å². The Morgan fingerprint density at radius 3 is 1.00 bits per heavy atom. The second kappa shape index (κ2) is 14.0. The molecule has 0 spiro atoms. The van der Waals surface area contributed by atoms with Gasteiger partial charge in [0.25, 0.3) is 0 Å². The van der Waals surface area contributed by atoms with Crippen LogP contribution in [0.4, 0.5) is 0 Å². The average molecular weight is 495 g/mol. The van der Waals surface area contributed by atoms with Crippen LogP contribution < -0.4 is 0 Å². The summed E-state index contributed by atoms with van der Waals surface area (Å²) in [5.74, 6) is 5.24. The van der Waals surface area contributed by atoms with Crippen molar-refractivity contribution in [2.45, 2.75) is 73.6 Å². The van der Waals surface area contributed by atoms with Gasteiger partial charge in [-0.15, -0.1) is 0 Å². The lowest BCUT2D eigenvalue weighted by atomic mass is 9.93. The Morgan fingerprint density at radius 1 is 0.471 bits per heavy atom. The molecule has 0 aromatic heterocycles. The second-order valence-corrected chi connectivity index (χ2v) is 7.79. The minimum absolute atomic E-state index is 0.592. The number of methoxy groups -OCH3 is 8. The van der Waals surface area contributed by atoms with Crippen LogP contribution in [0.1, 0.15) is 0 Å². The molecule has 0 amide bonds. The molecule has 2 unspecified atom stereocenters. The van der Waals surface area contributed by atoms with E-state index < -0.39 is 73.6 Å². The molecule has 12 atom stereocenters. The third-order valence-electron chi connectivity index (χ3n) is 6.16. The lowest BCUT2D eigenvalue weighted by Gasteiger charge is -2.45. The minimum Gasteiger partial charge on any atom is -0.378 e. The molecule has 2 heterocycles. The molecular formula is C22H38O12.